The number of rotatable bonds is 3. The Morgan fingerprint density at radius 1 is 1.23 bits per heavy atom. The highest BCUT2D eigenvalue weighted by Crippen LogP contribution is 2.25. The normalized spacial score (nSPS) is 15.2. The van der Waals surface area contributed by atoms with E-state index >= 15 is 0 Å². The molecule has 22 heavy (non-hydrogen) atoms. The molecule has 0 saturated heterocycles. The number of aliphatic imine (C=N–C) groups is 2. The van der Waals surface area contributed by atoms with Crippen LogP contribution in [-0.4, -0.2) is 22.9 Å². The molecule has 0 unspecified atom stereocenters. The van der Waals surface area contributed by atoms with Gasteiger partial charge in [0.15, 0.2) is 5.84 Å². The monoisotopic (exact) mass is 292 g/mol. The van der Waals surface area contributed by atoms with Crippen LogP contribution in [0.5, 0.6) is 0 Å². The van der Waals surface area contributed by atoms with E-state index in [0.717, 1.165) is 28.9 Å². The maximum absolute atomic E-state index is 13.5. The van der Waals surface area contributed by atoms with Crippen LogP contribution in [-0.2, 0) is 0 Å². The van der Waals surface area contributed by atoms with E-state index < -0.39 is 0 Å². The van der Waals surface area contributed by atoms with Gasteiger partial charge in [-0.15, -0.1) is 0 Å². The Balaban J connectivity index is 2.10. The van der Waals surface area contributed by atoms with E-state index in [1.165, 1.54) is 6.07 Å². The number of hydrogen-bond donors (Lipinski definition) is 1. The molecule has 4 nitrogen and oxygen atoms in total. The summed E-state index contributed by atoms with van der Waals surface area (Å²) in [5.74, 6) is 0.245. The van der Waals surface area contributed by atoms with E-state index in [0.29, 0.717) is 11.4 Å². The smallest absolute Gasteiger partial charge is 0.154 e. The Hall–Kier alpha value is -2.95. The van der Waals surface area contributed by atoms with E-state index in [4.69, 9.17) is 5.41 Å². The molecular formula is C17H13FN4. The molecule has 0 aliphatic carbocycles. The zero-order valence-corrected chi connectivity index (χ0v) is 11.9. The fourth-order valence-corrected chi connectivity index (χ4v) is 2.27. The van der Waals surface area contributed by atoms with E-state index in [1.807, 2.05) is 18.2 Å². The number of aromatic nitrogens is 1. The van der Waals surface area contributed by atoms with E-state index in [-0.39, 0.29) is 5.82 Å². The molecule has 2 heterocycles. The average Bonchev–Trinajstić information content (AvgIpc) is 2.99. The highest BCUT2D eigenvalue weighted by Gasteiger charge is 2.14. The Morgan fingerprint density at radius 2 is 2.09 bits per heavy atom. The lowest BCUT2D eigenvalue weighted by Gasteiger charge is -2.08. The van der Waals surface area contributed by atoms with Crippen molar-refractivity contribution in [2.24, 2.45) is 9.98 Å². The minimum atomic E-state index is -0.236. The average molecular weight is 292 g/mol. The van der Waals surface area contributed by atoms with Crippen molar-refractivity contribution in [1.82, 2.24) is 4.98 Å². The number of nitrogens with one attached hydrogen (secondary N) is 1. The molecule has 1 aromatic heterocycles. The topological polar surface area (TPSA) is 61.5 Å². The number of aryl methyl sites for hydroxylation is 1. The van der Waals surface area contributed by atoms with Crippen LogP contribution in [0.2, 0.25) is 0 Å². The number of halogens is 1. The Bertz CT molecular complexity index is 834. The fraction of sp³-hybridized carbons (Fsp3) is 0.0588. The molecule has 0 amide bonds. The standard InChI is InChI=1S/C17H13FN4/c1-11-9-12(4-5-14(11)18)17-13(3-2-8-20-17)15-6-7-16(22-15)21-10-19/h2-10,19H,1H3. The first-order chi connectivity index (χ1) is 10.7. The van der Waals surface area contributed by atoms with Crippen molar-refractivity contribution >= 4 is 17.9 Å². The minimum Gasteiger partial charge on any atom is -0.289 e. The zero-order valence-electron chi connectivity index (χ0n) is 11.9. The maximum Gasteiger partial charge on any atom is 0.154 e. The van der Waals surface area contributed by atoms with Crippen LogP contribution in [0.4, 0.5) is 4.39 Å². The summed E-state index contributed by atoms with van der Waals surface area (Å²) in [6.07, 6.45) is 6.23. The van der Waals surface area contributed by atoms with Gasteiger partial charge in [0.2, 0.25) is 0 Å². The summed E-state index contributed by atoms with van der Waals surface area (Å²) in [7, 11) is 0. The SMILES string of the molecule is Cc1cc(-c2ncccc2C2=NC(=NC=N)C=C2)ccc1F. The third-order valence-electron chi connectivity index (χ3n) is 3.34. The van der Waals surface area contributed by atoms with Crippen LogP contribution >= 0.6 is 0 Å². The van der Waals surface area contributed by atoms with Crippen molar-refractivity contribution in [2.45, 2.75) is 6.92 Å². The van der Waals surface area contributed by atoms with Gasteiger partial charge in [0, 0.05) is 17.3 Å². The molecule has 0 radical (unpaired) electrons. The van der Waals surface area contributed by atoms with E-state index in [9.17, 15) is 4.39 Å². The van der Waals surface area contributed by atoms with Gasteiger partial charge < -0.3 is 0 Å². The van der Waals surface area contributed by atoms with Crippen molar-refractivity contribution < 1.29 is 4.39 Å². The molecule has 0 spiro atoms. The summed E-state index contributed by atoms with van der Waals surface area (Å²) in [6, 6.07) is 8.67. The van der Waals surface area contributed by atoms with Gasteiger partial charge in [0.1, 0.15) is 12.2 Å². The fourth-order valence-electron chi connectivity index (χ4n) is 2.27. The first kappa shape index (κ1) is 14.0. The number of allylic oxidation sites excluding steroid dienone is 1. The summed E-state index contributed by atoms with van der Waals surface area (Å²) < 4.78 is 13.5. The highest BCUT2D eigenvalue weighted by molar-refractivity contribution is 6.24. The van der Waals surface area contributed by atoms with Crippen LogP contribution in [0, 0.1) is 18.2 Å². The molecule has 1 aliphatic heterocycles. The molecule has 0 fully saturated rings. The lowest BCUT2D eigenvalue weighted by atomic mass is 10.0. The van der Waals surface area contributed by atoms with E-state index in [2.05, 4.69) is 15.0 Å². The lowest BCUT2D eigenvalue weighted by Crippen LogP contribution is -2.01. The largest absolute Gasteiger partial charge is 0.289 e. The van der Waals surface area contributed by atoms with Crippen LogP contribution in [0.25, 0.3) is 11.3 Å². The molecule has 1 aliphatic rings. The molecule has 108 valence electrons. The molecule has 5 heteroatoms. The predicted octanol–water partition coefficient (Wildman–Crippen LogP) is 3.56. The molecule has 1 N–H and O–H groups in total. The number of pyridine rings is 1. The second-order valence-corrected chi connectivity index (χ2v) is 4.81. The first-order valence-electron chi connectivity index (χ1n) is 6.74. The first-order valence-corrected chi connectivity index (χ1v) is 6.74. The van der Waals surface area contributed by atoms with Crippen molar-refractivity contribution in [3.63, 3.8) is 0 Å². The van der Waals surface area contributed by atoms with Gasteiger partial charge in [-0.1, -0.05) is 0 Å². The summed E-state index contributed by atoms with van der Waals surface area (Å²) in [5, 5.41) is 6.99. The predicted molar refractivity (Wildman–Crippen MR) is 86.3 cm³/mol. The van der Waals surface area contributed by atoms with Gasteiger partial charge in [-0.25, -0.2) is 14.4 Å². The summed E-state index contributed by atoms with van der Waals surface area (Å²) >= 11 is 0. The molecule has 3 rings (SSSR count). The maximum atomic E-state index is 13.5. The summed E-state index contributed by atoms with van der Waals surface area (Å²) in [4.78, 5) is 12.6. The van der Waals surface area contributed by atoms with Crippen molar-refractivity contribution in [1.29, 1.82) is 5.41 Å². The molecule has 2 aromatic rings. The lowest BCUT2D eigenvalue weighted by molar-refractivity contribution is 0.619. The molecular weight excluding hydrogens is 279 g/mol. The minimum absolute atomic E-state index is 0.236. The second kappa shape index (κ2) is 5.81. The van der Waals surface area contributed by atoms with Crippen molar-refractivity contribution in [2.75, 3.05) is 0 Å². The summed E-state index contributed by atoms with van der Waals surface area (Å²) in [6.45, 7) is 1.73. The van der Waals surface area contributed by atoms with Gasteiger partial charge >= 0.3 is 0 Å². The van der Waals surface area contributed by atoms with Crippen molar-refractivity contribution in [3.05, 3.63) is 65.6 Å². The number of nitrogens with zero attached hydrogens (tertiary/aromatic N) is 3. The number of hydrogen-bond acceptors (Lipinski definition) is 2. The molecule has 1 aromatic carbocycles. The number of benzene rings is 1. The van der Waals surface area contributed by atoms with Gasteiger partial charge in [-0.3, -0.25) is 10.4 Å². The second-order valence-electron chi connectivity index (χ2n) is 4.81. The number of amidine groups is 1. The zero-order chi connectivity index (χ0) is 15.5. The van der Waals surface area contributed by atoms with Crippen molar-refractivity contribution in [3.8, 4) is 11.3 Å². The molecule has 0 bridgehead atoms. The van der Waals surface area contributed by atoms with Gasteiger partial charge in [-0.2, -0.15) is 0 Å². The third-order valence-corrected chi connectivity index (χ3v) is 3.34. The van der Waals surface area contributed by atoms with E-state index in [1.54, 1.807) is 31.3 Å². The summed E-state index contributed by atoms with van der Waals surface area (Å²) in [5.41, 5.74) is 3.72. The Labute approximate surface area is 127 Å². The van der Waals surface area contributed by atoms with Gasteiger partial charge in [0.05, 0.1) is 11.4 Å². The molecule has 0 atom stereocenters. The Kier molecular flexibility index (Phi) is 3.70. The van der Waals surface area contributed by atoms with Gasteiger partial charge in [-0.05, 0) is 55.0 Å². The highest BCUT2D eigenvalue weighted by atomic mass is 19.1. The Morgan fingerprint density at radius 3 is 2.86 bits per heavy atom. The van der Waals surface area contributed by atoms with Crippen LogP contribution in [0.3, 0.4) is 0 Å². The van der Waals surface area contributed by atoms with Crippen LogP contribution in [0.1, 0.15) is 11.1 Å². The van der Waals surface area contributed by atoms with Crippen LogP contribution in [0.15, 0.2) is 58.7 Å². The van der Waals surface area contributed by atoms with Gasteiger partial charge in [0.25, 0.3) is 0 Å². The quantitative estimate of drug-likeness (QED) is 0.682. The van der Waals surface area contributed by atoms with Crippen LogP contribution < -0.4 is 0 Å². The molecule has 0 saturated carbocycles. The third kappa shape index (κ3) is 2.61.